The second-order valence-electron chi connectivity index (χ2n) is 4.63. The van der Waals surface area contributed by atoms with E-state index in [1.54, 1.807) is 61.6 Å². The Morgan fingerprint density at radius 3 is 2.52 bits per heavy atom. The van der Waals surface area contributed by atoms with Gasteiger partial charge in [-0.25, -0.2) is 4.68 Å². The molecule has 2 heterocycles. The minimum absolute atomic E-state index is 0.237. The first kappa shape index (κ1) is 14.7. The molecule has 0 amide bonds. The number of ether oxygens (including phenoxy) is 2. The zero-order valence-corrected chi connectivity index (χ0v) is 12.6. The fourth-order valence-corrected chi connectivity index (χ4v) is 2.28. The summed E-state index contributed by atoms with van der Waals surface area (Å²) in [6, 6.07) is 8.90. The van der Waals surface area contributed by atoms with Gasteiger partial charge in [0.05, 0.1) is 14.2 Å². The fraction of sp³-hybridized carbons (Fsp3) is 0.125. The number of nitrogens with zero attached hydrogens (tertiary/aromatic N) is 4. The number of benzene rings is 1. The number of aldehydes is 1. The lowest BCUT2D eigenvalue weighted by atomic mass is 10.1. The molecule has 0 atom stereocenters. The molecule has 0 bridgehead atoms. The SMILES string of the molecule is COc1ccc(OC)c(-n2nnc(C=O)c2-c2ccncc2)c1. The molecule has 0 saturated heterocycles. The van der Waals surface area contributed by atoms with E-state index in [-0.39, 0.29) is 5.69 Å². The predicted molar refractivity (Wildman–Crippen MR) is 83.1 cm³/mol. The lowest BCUT2D eigenvalue weighted by Crippen LogP contribution is -2.03. The second kappa shape index (κ2) is 6.27. The third kappa shape index (κ3) is 2.64. The molecule has 23 heavy (non-hydrogen) atoms. The molecule has 7 nitrogen and oxygen atoms in total. The third-order valence-corrected chi connectivity index (χ3v) is 3.38. The first-order valence-electron chi connectivity index (χ1n) is 6.82. The van der Waals surface area contributed by atoms with Crippen LogP contribution in [0.2, 0.25) is 0 Å². The number of hydrogen-bond donors (Lipinski definition) is 0. The summed E-state index contributed by atoms with van der Waals surface area (Å²) in [6.45, 7) is 0. The zero-order valence-electron chi connectivity index (χ0n) is 12.6. The molecule has 0 aliphatic carbocycles. The summed E-state index contributed by atoms with van der Waals surface area (Å²) in [5.41, 5.74) is 2.20. The van der Waals surface area contributed by atoms with Gasteiger partial charge in [0.2, 0.25) is 0 Å². The third-order valence-electron chi connectivity index (χ3n) is 3.38. The van der Waals surface area contributed by atoms with E-state index in [2.05, 4.69) is 15.3 Å². The number of hydrogen-bond acceptors (Lipinski definition) is 6. The van der Waals surface area contributed by atoms with Crippen molar-refractivity contribution in [2.45, 2.75) is 0 Å². The molecule has 7 heteroatoms. The lowest BCUT2D eigenvalue weighted by molar-refractivity contribution is 0.111. The number of pyridine rings is 1. The Bertz CT molecular complexity index is 831. The fourth-order valence-electron chi connectivity index (χ4n) is 2.28. The quantitative estimate of drug-likeness (QED) is 0.672. The van der Waals surface area contributed by atoms with Gasteiger partial charge in [0.25, 0.3) is 0 Å². The second-order valence-corrected chi connectivity index (χ2v) is 4.63. The van der Waals surface area contributed by atoms with Gasteiger partial charge in [0.1, 0.15) is 22.9 Å². The van der Waals surface area contributed by atoms with Gasteiger partial charge >= 0.3 is 0 Å². The van der Waals surface area contributed by atoms with Crippen molar-refractivity contribution in [3.05, 3.63) is 48.4 Å². The first-order chi connectivity index (χ1) is 11.3. The van der Waals surface area contributed by atoms with Crippen LogP contribution in [0.1, 0.15) is 10.5 Å². The van der Waals surface area contributed by atoms with Gasteiger partial charge in [-0.05, 0) is 24.3 Å². The minimum atomic E-state index is 0.237. The van der Waals surface area contributed by atoms with Crippen LogP contribution in [-0.2, 0) is 0 Å². The first-order valence-corrected chi connectivity index (χ1v) is 6.82. The summed E-state index contributed by atoms with van der Waals surface area (Å²) in [6.07, 6.45) is 3.96. The Balaban J connectivity index is 2.26. The molecule has 2 aromatic heterocycles. The largest absolute Gasteiger partial charge is 0.497 e. The topological polar surface area (TPSA) is 79.1 Å². The highest BCUT2D eigenvalue weighted by molar-refractivity contribution is 5.84. The molecule has 0 saturated carbocycles. The molecule has 0 radical (unpaired) electrons. The average molecular weight is 310 g/mol. The van der Waals surface area contributed by atoms with Gasteiger partial charge < -0.3 is 9.47 Å². The summed E-state index contributed by atoms with van der Waals surface area (Å²) in [7, 11) is 3.14. The molecule has 0 fully saturated rings. The van der Waals surface area contributed by atoms with Crippen LogP contribution in [0.15, 0.2) is 42.7 Å². The molecule has 3 aromatic rings. The van der Waals surface area contributed by atoms with Crippen molar-refractivity contribution >= 4 is 6.29 Å². The molecule has 0 spiro atoms. The number of carbonyl (C=O) groups excluding carboxylic acids is 1. The Kier molecular flexibility index (Phi) is 4.01. The van der Waals surface area contributed by atoms with Crippen LogP contribution in [0.3, 0.4) is 0 Å². The van der Waals surface area contributed by atoms with Crippen LogP contribution >= 0.6 is 0 Å². The Morgan fingerprint density at radius 2 is 1.87 bits per heavy atom. The van der Waals surface area contributed by atoms with Crippen molar-refractivity contribution in [3.8, 4) is 28.4 Å². The standard InChI is InChI=1S/C16H14N4O3/c1-22-12-3-4-15(23-2)14(9-12)20-16(13(10-21)18-19-20)11-5-7-17-8-6-11/h3-10H,1-2H3. The van der Waals surface area contributed by atoms with Crippen molar-refractivity contribution in [1.82, 2.24) is 20.0 Å². The van der Waals surface area contributed by atoms with Crippen LogP contribution < -0.4 is 9.47 Å². The highest BCUT2D eigenvalue weighted by Gasteiger charge is 2.19. The van der Waals surface area contributed by atoms with E-state index >= 15 is 0 Å². The van der Waals surface area contributed by atoms with Crippen LogP contribution in [0.25, 0.3) is 16.9 Å². The van der Waals surface area contributed by atoms with Crippen molar-refractivity contribution < 1.29 is 14.3 Å². The molecule has 0 unspecified atom stereocenters. The molecular formula is C16H14N4O3. The smallest absolute Gasteiger partial charge is 0.172 e. The summed E-state index contributed by atoms with van der Waals surface area (Å²) in [4.78, 5) is 15.3. The normalized spacial score (nSPS) is 10.3. The van der Waals surface area contributed by atoms with Gasteiger partial charge in [-0.2, -0.15) is 0 Å². The van der Waals surface area contributed by atoms with Crippen LogP contribution in [-0.4, -0.2) is 40.5 Å². The summed E-state index contributed by atoms with van der Waals surface area (Å²) in [5, 5.41) is 8.04. The molecule has 116 valence electrons. The molecule has 0 aliphatic heterocycles. The molecular weight excluding hydrogens is 296 g/mol. The highest BCUT2D eigenvalue weighted by atomic mass is 16.5. The Hall–Kier alpha value is -3.22. The molecule has 0 aliphatic rings. The lowest BCUT2D eigenvalue weighted by Gasteiger charge is -2.12. The predicted octanol–water partition coefficient (Wildman–Crippen LogP) is 2.16. The minimum Gasteiger partial charge on any atom is -0.497 e. The van der Waals surface area contributed by atoms with E-state index in [1.807, 2.05) is 0 Å². The maximum atomic E-state index is 11.3. The summed E-state index contributed by atoms with van der Waals surface area (Å²) < 4.78 is 12.2. The Labute approximate surface area is 132 Å². The monoisotopic (exact) mass is 310 g/mol. The van der Waals surface area contributed by atoms with Gasteiger partial charge in [0.15, 0.2) is 12.0 Å². The van der Waals surface area contributed by atoms with Crippen molar-refractivity contribution in [1.29, 1.82) is 0 Å². The van der Waals surface area contributed by atoms with E-state index in [0.29, 0.717) is 29.2 Å². The van der Waals surface area contributed by atoms with E-state index < -0.39 is 0 Å². The van der Waals surface area contributed by atoms with Crippen LogP contribution in [0.5, 0.6) is 11.5 Å². The van der Waals surface area contributed by atoms with Gasteiger partial charge in [-0.1, -0.05) is 5.21 Å². The maximum Gasteiger partial charge on any atom is 0.172 e. The van der Waals surface area contributed by atoms with Crippen LogP contribution in [0.4, 0.5) is 0 Å². The summed E-state index contributed by atoms with van der Waals surface area (Å²) in [5.74, 6) is 1.23. The zero-order chi connectivity index (χ0) is 16.2. The van der Waals surface area contributed by atoms with Gasteiger partial charge in [-0.15, -0.1) is 5.10 Å². The number of carbonyl (C=O) groups is 1. The highest BCUT2D eigenvalue weighted by Crippen LogP contribution is 2.31. The van der Waals surface area contributed by atoms with E-state index in [4.69, 9.17) is 9.47 Å². The number of methoxy groups -OCH3 is 2. The molecule has 3 rings (SSSR count). The number of aromatic nitrogens is 4. The van der Waals surface area contributed by atoms with E-state index in [0.717, 1.165) is 5.56 Å². The molecule has 0 N–H and O–H groups in total. The van der Waals surface area contributed by atoms with Crippen molar-refractivity contribution in [3.63, 3.8) is 0 Å². The van der Waals surface area contributed by atoms with Gasteiger partial charge in [0, 0.05) is 24.0 Å². The Morgan fingerprint density at radius 1 is 1.09 bits per heavy atom. The van der Waals surface area contributed by atoms with Crippen LogP contribution in [0, 0.1) is 0 Å². The van der Waals surface area contributed by atoms with Gasteiger partial charge in [-0.3, -0.25) is 9.78 Å². The maximum absolute atomic E-state index is 11.3. The number of rotatable bonds is 5. The van der Waals surface area contributed by atoms with E-state index in [1.165, 1.54) is 0 Å². The molecule has 1 aromatic carbocycles. The summed E-state index contributed by atoms with van der Waals surface area (Å²) >= 11 is 0. The van der Waals surface area contributed by atoms with E-state index in [9.17, 15) is 4.79 Å². The average Bonchev–Trinajstić information content (AvgIpc) is 3.05. The van der Waals surface area contributed by atoms with Crippen molar-refractivity contribution in [2.75, 3.05) is 14.2 Å². The van der Waals surface area contributed by atoms with Crippen molar-refractivity contribution in [2.24, 2.45) is 0 Å².